The lowest BCUT2D eigenvalue weighted by Gasteiger charge is -2.34. The number of rotatable bonds is 5. The summed E-state index contributed by atoms with van der Waals surface area (Å²) in [5, 5.41) is 5.53. The lowest BCUT2D eigenvalue weighted by Crippen LogP contribution is -2.49. The minimum absolute atomic E-state index is 0.118. The third kappa shape index (κ3) is 5.49. The fraction of sp³-hybridized carbons (Fsp3) is 0.316. The Morgan fingerprint density at radius 1 is 1.04 bits per heavy atom. The maximum Gasteiger partial charge on any atom is 0.238 e. The van der Waals surface area contributed by atoms with E-state index in [4.69, 9.17) is 0 Å². The molecule has 2 amide bonds. The number of amides is 2. The second-order valence-corrected chi connectivity index (χ2v) is 6.39. The third-order valence-corrected chi connectivity index (χ3v) is 4.23. The summed E-state index contributed by atoms with van der Waals surface area (Å²) in [4.78, 5) is 31.4. The second kappa shape index (κ2) is 8.59. The first-order valence-electron chi connectivity index (χ1n) is 8.77. The molecule has 1 aromatic carbocycles. The molecular weight excluding hydrogens is 349 g/mol. The smallest absolute Gasteiger partial charge is 0.238 e. The van der Waals surface area contributed by atoms with E-state index < -0.39 is 5.95 Å². The van der Waals surface area contributed by atoms with Gasteiger partial charge in [0.1, 0.15) is 5.82 Å². The fourth-order valence-corrected chi connectivity index (χ4v) is 2.99. The minimum atomic E-state index is -0.490. The van der Waals surface area contributed by atoms with E-state index in [0.29, 0.717) is 43.4 Å². The van der Waals surface area contributed by atoms with Crippen LogP contribution in [0.5, 0.6) is 0 Å². The first-order valence-corrected chi connectivity index (χ1v) is 8.77. The average molecular weight is 371 g/mol. The van der Waals surface area contributed by atoms with Gasteiger partial charge < -0.3 is 15.5 Å². The van der Waals surface area contributed by atoms with E-state index in [2.05, 4.69) is 15.6 Å². The van der Waals surface area contributed by atoms with Crippen molar-refractivity contribution in [3.8, 4) is 0 Å². The van der Waals surface area contributed by atoms with E-state index in [1.165, 1.54) is 13.0 Å². The molecule has 1 aliphatic heterocycles. The zero-order valence-electron chi connectivity index (χ0n) is 15.1. The van der Waals surface area contributed by atoms with Crippen LogP contribution in [0.1, 0.15) is 6.92 Å². The van der Waals surface area contributed by atoms with Crippen LogP contribution in [0, 0.1) is 5.95 Å². The number of piperazine rings is 1. The number of hydrogen-bond acceptors (Lipinski definition) is 5. The quantitative estimate of drug-likeness (QED) is 0.786. The number of carbonyl (C=O) groups is 2. The van der Waals surface area contributed by atoms with Crippen molar-refractivity contribution in [2.24, 2.45) is 0 Å². The molecule has 7 nitrogen and oxygen atoms in total. The molecule has 3 rings (SSSR count). The molecule has 0 radical (unpaired) electrons. The van der Waals surface area contributed by atoms with Crippen LogP contribution in [0.15, 0.2) is 42.5 Å². The molecule has 1 saturated heterocycles. The summed E-state index contributed by atoms with van der Waals surface area (Å²) in [6.45, 7) is 4.46. The van der Waals surface area contributed by atoms with Gasteiger partial charge in [0, 0.05) is 44.5 Å². The van der Waals surface area contributed by atoms with Gasteiger partial charge in [-0.15, -0.1) is 0 Å². The van der Waals surface area contributed by atoms with E-state index in [0.717, 1.165) is 0 Å². The summed E-state index contributed by atoms with van der Waals surface area (Å²) in [5.41, 5.74) is 1.27. The van der Waals surface area contributed by atoms with Crippen LogP contribution < -0.4 is 15.5 Å². The van der Waals surface area contributed by atoms with Gasteiger partial charge in [0.25, 0.3) is 0 Å². The molecule has 1 fully saturated rings. The number of hydrogen-bond donors (Lipinski definition) is 2. The predicted molar refractivity (Wildman–Crippen MR) is 102 cm³/mol. The lowest BCUT2D eigenvalue weighted by molar-refractivity contribution is -0.117. The summed E-state index contributed by atoms with van der Waals surface area (Å²) in [6, 6.07) is 11.8. The Morgan fingerprint density at radius 3 is 2.37 bits per heavy atom. The van der Waals surface area contributed by atoms with Gasteiger partial charge >= 0.3 is 0 Å². The Morgan fingerprint density at radius 2 is 1.70 bits per heavy atom. The number of benzene rings is 1. The van der Waals surface area contributed by atoms with E-state index in [-0.39, 0.29) is 18.4 Å². The van der Waals surface area contributed by atoms with Gasteiger partial charge in [0.2, 0.25) is 17.8 Å². The standard InChI is InChI=1S/C19H22FN5O2/c1-14(26)21-15-4-2-5-16(12-15)22-19(27)13-24-8-10-25(11-9-24)18-7-3-6-17(20)23-18/h2-7,12H,8-11,13H2,1H3,(H,21,26)(H,22,27). The van der Waals surface area contributed by atoms with E-state index in [1.807, 2.05) is 9.80 Å². The molecule has 2 N–H and O–H groups in total. The summed E-state index contributed by atoms with van der Waals surface area (Å²) in [5.74, 6) is -0.152. The summed E-state index contributed by atoms with van der Waals surface area (Å²) in [6.07, 6.45) is 0. The summed E-state index contributed by atoms with van der Waals surface area (Å²) >= 11 is 0. The molecule has 0 aliphatic carbocycles. The molecular formula is C19H22FN5O2. The van der Waals surface area contributed by atoms with Crippen LogP contribution in [0.4, 0.5) is 21.6 Å². The maximum absolute atomic E-state index is 13.3. The van der Waals surface area contributed by atoms with Crippen molar-refractivity contribution >= 4 is 29.0 Å². The van der Waals surface area contributed by atoms with Crippen LogP contribution in [0.3, 0.4) is 0 Å². The lowest BCUT2D eigenvalue weighted by atomic mass is 10.2. The second-order valence-electron chi connectivity index (χ2n) is 6.39. The van der Waals surface area contributed by atoms with Gasteiger partial charge in [0.05, 0.1) is 6.54 Å². The van der Waals surface area contributed by atoms with Gasteiger partial charge in [-0.25, -0.2) is 4.98 Å². The SMILES string of the molecule is CC(=O)Nc1cccc(NC(=O)CN2CCN(c3cccc(F)n3)CC2)c1. The molecule has 142 valence electrons. The summed E-state index contributed by atoms with van der Waals surface area (Å²) in [7, 11) is 0. The van der Waals surface area contributed by atoms with Crippen molar-refractivity contribution in [2.45, 2.75) is 6.92 Å². The van der Waals surface area contributed by atoms with Crippen molar-refractivity contribution < 1.29 is 14.0 Å². The molecule has 0 saturated carbocycles. The van der Waals surface area contributed by atoms with Crippen molar-refractivity contribution in [3.05, 3.63) is 48.4 Å². The molecule has 0 spiro atoms. The Hall–Kier alpha value is -3.00. The molecule has 1 aliphatic rings. The number of halogens is 1. The average Bonchev–Trinajstić information content (AvgIpc) is 2.62. The van der Waals surface area contributed by atoms with E-state index in [1.54, 1.807) is 36.4 Å². The van der Waals surface area contributed by atoms with E-state index in [9.17, 15) is 14.0 Å². The highest BCUT2D eigenvalue weighted by Crippen LogP contribution is 2.16. The molecule has 1 aromatic heterocycles. The van der Waals surface area contributed by atoms with Crippen molar-refractivity contribution in [3.63, 3.8) is 0 Å². The Balaban J connectivity index is 1.49. The van der Waals surface area contributed by atoms with Gasteiger partial charge in [-0.3, -0.25) is 14.5 Å². The van der Waals surface area contributed by atoms with Gasteiger partial charge in [-0.2, -0.15) is 4.39 Å². The molecule has 0 atom stereocenters. The highest BCUT2D eigenvalue weighted by atomic mass is 19.1. The first kappa shape index (κ1) is 18.8. The summed E-state index contributed by atoms with van der Waals surface area (Å²) < 4.78 is 13.3. The Labute approximate surface area is 157 Å². The fourth-order valence-electron chi connectivity index (χ4n) is 2.99. The number of carbonyl (C=O) groups excluding carboxylic acids is 2. The van der Waals surface area contributed by atoms with Gasteiger partial charge in [-0.05, 0) is 30.3 Å². The predicted octanol–water partition coefficient (Wildman–Crippen LogP) is 1.94. The van der Waals surface area contributed by atoms with Crippen LogP contribution in [0.2, 0.25) is 0 Å². The van der Waals surface area contributed by atoms with Crippen molar-refractivity contribution in [1.82, 2.24) is 9.88 Å². The molecule has 2 aromatic rings. The molecule has 2 heterocycles. The van der Waals surface area contributed by atoms with E-state index >= 15 is 0 Å². The maximum atomic E-state index is 13.3. The molecule has 8 heteroatoms. The number of anilines is 3. The minimum Gasteiger partial charge on any atom is -0.354 e. The molecule has 27 heavy (non-hydrogen) atoms. The zero-order valence-corrected chi connectivity index (χ0v) is 15.1. The van der Waals surface area contributed by atoms with Gasteiger partial charge in [0.15, 0.2) is 0 Å². The monoisotopic (exact) mass is 371 g/mol. The van der Waals surface area contributed by atoms with Crippen LogP contribution >= 0.6 is 0 Å². The largest absolute Gasteiger partial charge is 0.354 e. The van der Waals surface area contributed by atoms with Crippen LogP contribution in [0.25, 0.3) is 0 Å². The highest BCUT2D eigenvalue weighted by Gasteiger charge is 2.20. The van der Waals surface area contributed by atoms with Crippen LogP contribution in [-0.2, 0) is 9.59 Å². The normalized spacial score (nSPS) is 14.7. The number of nitrogens with zero attached hydrogens (tertiary/aromatic N) is 3. The molecule has 0 bridgehead atoms. The Kier molecular flexibility index (Phi) is 5.97. The number of nitrogens with one attached hydrogen (secondary N) is 2. The Bertz CT molecular complexity index is 821. The highest BCUT2D eigenvalue weighted by molar-refractivity contribution is 5.94. The number of pyridine rings is 1. The van der Waals surface area contributed by atoms with Crippen molar-refractivity contribution in [1.29, 1.82) is 0 Å². The third-order valence-electron chi connectivity index (χ3n) is 4.23. The zero-order chi connectivity index (χ0) is 19.2. The number of aromatic nitrogens is 1. The first-order chi connectivity index (χ1) is 13.0. The van der Waals surface area contributed by atoms with Crippen molar-refractivity contribution in [2.75, 3.05) is 48.3 Å². The molecule has 0 unspecified atom stereocenters. The van der Waals surface area contributed by atoms with Crippen LogP contribution in [-0.4, -0.2) is 54.4 Å². The topological polar surface area (TPSA) is 77.6 Å². The van der Waals surface area contributed by atoms with Gasteiger partial charge in [-0.1, -0.05) is 12.1 Å².